The summed E-state index contributed by atoms with van der Waals surface area (Å²) in [6.07, 6.45) is -24.7. The topological polar surface area (TPSA) is 382 Å². The fraction of sp³-hybridized carbons (Fsp3) is 0.455. The molecule has 3 aliphatic rings. The Morgan fingerprint density at radius 3 is 1.96 bits per heavy atom. The lowest BCUT2D eigenvalue weighted by molar-refractivity contribution is -0.369. The van der Waals surface area contributed by atoms with Crippen LogP contribution in [0.15, 0.2) is 57.8 Å². The number of fused-ring (bicyclic) bond motifs is 1. The van der Waals surface area contributed by atoms with Gasteiger partial charge in [0.25, 0.3) is 0 Å². The summed E-state index contributed by atoms with van der Waals surface area (Å²) in [5.74, 6) is -5.14. The highest BCUT2D eigenvalue weighted by Crippen LogP contribution is 2.45. The van der Waals surface area contributed by atoms with E-state index in [9.17, 15) is 70.9 Å². The molecule has 3 saturated heterocycles. The van der Waals surface area contributed by atoms with Gasteiger partial charge >= 0.3 is 5.97 Å². The number of benzene rings is 3. The molecule has 3 fully saturated rings. The molecule has 25 nitrogen and oxygen atoms in total. The van der Waals surface area contributed by atoms with Crippen LogP contribution in [-0.4, -0.2) is 194 Å². The first kappa shape index (κ1) is 50.8. The van der Waals surface area contributed by atoms with Gasteiger partial charge in [-0.25, -0.2) is 4.79 Å². The number of aromatic hydroxyl groups is 4. The van der Waals surface area contributed by atoms with Gasteiger partial charge in [0.15, 0.2) is 65.0 Å². The van der Waals surface area contributed by atoms with Crippen LogP contribution >= 0.6 is 0 Å². The molecule has 0 saturated carbocycles. The molecule has 12 N–H and O–H groups in total. The van der Waals surface area contributed by atoms with Gasteiger partial charge in [-0.05, 0) is 42.0 Å². The molecule has 25 heteroatoms. The predicted octanol–water partition coefficient (Wildman–Crippen LogP) is -1.96. The fourth-order valence-corrected chi connectivity index (χ4v) is 7.81. The van der Waals surface area contributed by atoms with E-state index in [0.29, 0.717) is 5.56 Å². The second kappa shape index (κ2) is 21.3. The Bertz CT molecular complexity index is 2540. The maximum Gasteiger partial charge on any atom is 0.331 e. The van der Waals surface area contributed by atoms with E-state index in [4.69, 9.17) is 51.8 Å². The van der Waals surface area contributed by atoms with Crippen LogP contribution in [0.5, 0.6) is 46.0 Å². The molecule has 14 unspecified atom stereocenters. The molecule has 376 valence electrons. The molecule has 4 aromatic rings. The maximum absolute atomic E-state index is 14.5. The molecule has 3 aromatic carbocycles. The number of esters is 1. The van der Waals surface area contributed by atoms with Gasteiger partial charge in [-0.3, -0.25) is 4.79 Å². The van der Waals surface area contributed by atoms with Gasteiger partial charge in [0.2, 0.25) is 23.2 Å². The maximum atomic E-state index is 14.5. The van der Waals surface area contributed by atoms with Crippen molar-refractivity contribution in [1.82, 2.24) is 0 Å². The molecule has 1 aromatic heterocycles. The van der Waals surface area contributed by atoms with Crippen molar-refractivity contribution in [2.24, 2.45) is 0 Å². The summed E-state index contributed by atoms with van der Waals surface area (Å²) in [5.41, 5.74) is -1.27. The predicted molar refractivity (Wildman–Crippen MR) is 227 cm³/mol. The summed E-state index contributed by atoms with van der Waals surface area (Å²) in [5, 5.41) is 127. The summed E-state index contributed by atoms with van der Waals surface area (Å²) in [6.45, 7) is -2.56. The van der Waals surface area contributed by atoms with Crippen molar-refractivity contribution in [3.05, 3.63) is 64.3 Å². The van der Waals surface area contributed by atoms with E-state index >= 15 is 0 Å². The number of hydrogen-bond donors (Lipinski definition) is 12. The first-order valence-corrected chi connectivity index (χ1v) is 20.9. The van der Waals surface area contributed by atoms with Crippen LogP contribution in [0.3, 0.4) is 0 Å². The molecule has 3 aliphatic heterocycles. The highest BCUT2D eigenvalue weighted by atomic mass is 16.8. The lowest BCUT2D eigenvalue weighted by atomic mass is 9.98. The minimum atomic E-state index is -2.14. The van der Waals surface area contributed by atoms with Crippen LogP contribution < -0.4 is 24.4 Å². The van der Waals surface area contributed by atoms with Crippen molar-refractivity contribution in [2.45, 2.75) is 86.0 Å². The number of ether oxygens (including phenoxy) is 10. The van der Waals surface area contributed by atoms with E-state index < -0.39 is 157 Å². The highest BCUT2D eigenvalue weighted by Gasteiger charge is 2.54. The Hall–Kier alpha value is -6.04. The van der Waals surface area contributed by atoms with Crippen molar-refractivity contribution in [2.75, 3.05) is 41.2 Å². The minimum absolute atomic E-state index is 0.0235. The number of rotatable bonds is 15. The molecular formula is C44H50O25. The number of aliphatic hydroxyl groups is 8. The van der Waals surface area contributed by atoms with Gasteiger partial charge in [-0.1, -0.05) is 6.07 Å². The SMILES string of the molecule is COc1cc(C=CC(=O)OC2C(OC3C(Oc4c(-c5ccc(O)c(OC)c5)oc5cc(O)c(OC)c(O)c5c4=O)OC(CO)C(O)C3O)OCC(O)C2OC2OC(CO)C(O)C(O)C2O)ccc1O. The summed E-state index contributed by atoms with van der Waals surface area (Å²) in [4.78, 5) is 28.2. The first-order valence-electron chi connectivity index (χ1n) is 20.9. The van der Waals surface area contributed by atoms with E-state index in [1.807, 2.05) is 0 Å². The average molecular weight is 979 g/mol. The molecule has 69 heavy (non-hydrogen) atoms. The largest absolute Gasteiger partial charge is 0.504 e. The van der Waals surface area contributed by atoms with Gasteiger partial charge in [-0.15, -0.1) is 0 Å². The van der Waals surface area contributed by atoms with Crippen molar-refractivity contribution in [1.29, 1.82) is 0 Å². The Kier molecular flexibility index (Phi) is 15.7. The minimum Gasteiger partial charge on any atom is -0.504 e. The smallest absolute Gasteiger partial charge is 0.331 e. The molecule has 0 amide bonds. The van der Waals surface area contributed by atoms with Crippen molar-refractivity contribution < 1.29 is 118 Å². The number of aliphatic hydroxyl groups excluding tert-OH is 8. The lowest BCUT2D eigenvalue weighted by Gasteiger charge is -2.47. The third kappa shape index (κ3) is 10.2. The van der Waals surface area contributed by atoms with Crippen LogP contribution in [0.25, 0.3) is 28.4 Å². The van der Waals surface area contributed by atoms with Crippen molar-refractivity contribution in [3.63, 3.8) is 0 Å². The summed E-state index contributed by atoms with van der Waals surface area (Å²) in [6, 6.07) is 8.70. The molecule has 0 radical (unpaired) electrons. The zero-order chi connectivity index (χ0) is 50.0. The van der Waals surface area contributed by atoms with Crippen LogP contribution in [0, 0.1) is 0 Å². The normalized spacial score (nSPS) is 30.5. The van der Waals surface area contributed by atoms with Gasteiger partial charge in [0.05, 0.1) is 41.2 Å². The highest BCUT2D eigenvalue weighted by molar-refractivity contribution is 5.91. The van der Waals surface area contributed by atoms with Crippen LogP contribution in [0.4, 0.5) is 0 Å². The van der Waals surface area contributed by atoms with Crippen molar-refractivity contribution >= 4 is 23.0 Å². The number of phenolic OH excluding ortho intramolecular Hbond substituents is 4. The zero-order valence-electron chi connectivity index (χ0n) is 36.6. The second-order valence-electron chi connectivity index (χ2n) is 15.8. The number of hydrogen-bond acceptors (Lipinski definition) is 25. The Morgan fingerprint density at radius 1 is 0.681 bits per heavy atom. The quantitative estimate of drug-likeness (QED) is 0.0454. The number of carbonyl (C=O) groups is 1. The standard InChI is InChI=1S/C44H50O25/c1-59-22-10-16(4-7-18(22)47)5-9-27(51)66-41-38(67-42-35(58)33(56)29(52)25(13-45)64-42)21(50)15-62-43(41)69-40-34(57)30(53)26(14-46)65-44(40)68-39-32(55)28-24(12-20(49)37(61-3)31(28)54)63-36(39)17-6-8-19(48)23(11-17)60-2/h4-12,21,25-26,29-30,33-35,38,40-50,52-54,56-58H,13-15H2,1-3H3. The van der Waals surface area contributed by atoms with Gasteiger partial charge in [-0.2, -0.15) is 0 Å². The molecule has 0 bridgehead atoms. The van der Waals surface area contributed by atoms with E-state index in [0.717, 1.165) is 19.3 Å². The van der Waals surface area contributed by atoms with E-state index in [1.54, 1.807) is 0 Å². The summed E-state index contributed by atoms with van der Waals surface area (Å²) in [7, 11) is 3.62. The number of carbonyl (C=O) groups excluding carboxylic acids is 1. The summed E-state index contributed by atoms with van der Waals surface area (Å²) < 4.78 is 62.5. The monoisotopic (exact) mass is 978 g/mol. The zero-order valence-corrected chi connectivity index (χ0v) is 36.6. The average Bonchev–Trinajstić information content (AvgIpc) is 3.33. The third-order valence-corrected chi connectivity index (χ3v) is 11.5. The molecule has 7 rings (SSSR count). The third-order valence-electron chi connectivity index (χ3n) is 11.5. The van der Waals surface area contributed by atoms with Crippen LogP contribution in [0.2, 0.25) is 0 Å². The molecular weight excluding hydrogens is 928 g/mol. The Morgan fingerprint density at radius 2 is 1.30 bits per heavy atom. The fourth-order valence-electron chi connectivity index (χ4n) is 7.81. The van der Waals surface area contributed by atoms with E-state index in [2.05, 4.69) is 0 Å². The molecule has 4 heterocycles. The van der Waals surface area contributed by atoms with Crippen molar-refractivity contribution in [3.8, 4) is 57.3 Å². The molecule has 0 aliphatic carbocycles. The van der Waals surface area contributed by atoms with Gasteiger partial charge in [0, 0.05) is 17.7 Å². The molecule has 0 spiro atoms. The van der Waals surface area contributed by atoms with Gasteiger partial charge < -0.3 is 113 Å². The Labute approximate surface area is 389 Å². The lowest BCUT2D eigenvalue weighted by Crippen LogP contribution is -2.66. The first-order chi connectivity index (χ1) is 32.9. The van der Waals surface area contributed by atoms with Crippen LogP contribution in [-0.2, 0) is 33.2 Å². The van der Waals surface area contributed by atoms with Crippen LogP contribution in [0.1, 0.15) is 5.56 Å². The Balaban J connectivity index is 1.30. The number of methoxy groups -OCH3 is 3. The molecule has 14 atom stereocenters. The summed E-state index contributed by atoms with van der Waals surface area (Å²) >= 11 is 0. The van der Waals surface area contributed by atoms with E-state index in [-0.39, 0.29) is 28.6 Å². The van der Waals surface area contributed by atoms with E-state index in [1.165, 1.54) is 56.7 Å². The number of phenols is 4. The second-order valence-corrected chi connectivity index (χ2v) is 15.8. The van der Waals surface area contributed by atoms with Gasteiger partial charge in [0.1, 0.15) is 65.9 Å².